The third-order valence-electron chi connectivity index (χ3n) is 12.8. The van der Waals surface area contributed by atoms with E-state index in [1.807, 2.05) is 0 Å². The summed E-state index contributed by atoms with van der Waals surface area (Å²) >= 11 is 0. The number of carbonyl (C=O) groups excluding carboxylic acids is 6. The number of ether oxygens (including phenoxy) is 14. The quantitative estimate of drug-likeness (QED) is 0.129. The third-order valence-corrected chi connectivity index (χ3v) is 12.8. The van der Waals surface area contributed by atoms with Gasteiger partial charge in [-0.05, 0) is 104 Å². The SMILES string of the molecule is CC1(C)OCC(C)(C(=O)OCC(C)(COC(=O)C2(C)COC(C)(C)OC2)C(=O)OCC(C)(COC(=O)C(C)(COC(=O)C2(C)COC(C)(C)OC2)COC(=O)C2(C)COC(C)(C)OC2)C(=O)O)CO1.CCC(=O)O. The van der Waals surface area contributed by atoms with E-state index in [0.717, 1.165) is 6.92 Å². The van der Waals surface area contributed by atoms with Crippen molar-refractivity contribution in [2.75, 3.05) is 92.5 Å². The van der Waals surface area contributed by atoms with Gasteiger partial charge in [0.05, 0.1) is 52.9 Å². The minimum absolute atomic E-state index is 0.0765. The normalized spacial score (nSPS) is 22.2. The molecule has 0 aromatic carbocycles. The highest BCUT2D eigenvalue weighted by molar-refractivity contribution is 5.83. The van der Waals surface area contributed by atoms with Gasteiger partial charge >= 0.3 is 47.8 Å². The Morgan fingerprint density at radius 2 is 0.541 bits per heavy atom. The summed E-state index contributed by atoms with van der Waals surface area (Å²) in [5, 5.41) is 18.2. The lowest BCUT2D eigenvalue weighted by Gasteiger charge is -2.40. The molecule has 4 aliphatic rings. The van der Waals surface area contributed by atoms with Crippen LogP contribution in [0, 0.1) is 37.9 Å². The van der Waals surface area contributed by atoms with Gasteiger partial charge in [0.1, 0.15) is 77.5 Å². The predicted molar refractivity (Wildman–Crippen MR) is 252 cm³/mol. The second kappa shape index (κ2) is 23.8. The first-order valence-electron chi connectivity index (χ1n) is 24.2. The van der Waals surface area contributed by atoms with Crippen LogP contribution >= 0.6 is 0 Å². The molecule has 4 saturated heterocycles. The number of rotatable bonds is 20. The highest BCUT2D eigenvalue weighted by atomic mass is 16.7. The minimum Gasteiger partial charge on any atom is -0.481 e. The van der Waals surface area contributed by atoms with Gasteiger partial charge in [0.2, 0.25) is 0 Å². The van der Waals surface area contributed by atoms with E-state index in [4.69, 9.17) is 71.4 Å². The van der Waals surface area contributed by atoms with Crippen molar-refractivity contribution in [3.8, 4) is 0 Å². The van der Waals surface area contributed by atoms with Crippen molar-refractivity contribution in [2.45, 2.75) is 140 Å². The van der Waals surface area contributed by atoms with Gasteiger partial charge in [0.15, 0.2) is 23.1 Å². The van der Waals surface area contributed by atoms with E-state index >= 15 is 0 Å². The standard InChI is InChI=1S/C47H74O22.C3H6O2/c1-37(2)62-22-44(12,23-63-37)33(52)58-18-42(10,19-59-34(53)45(13)24-64-38(3,4)65-25-45)31(50)56-16-41(9,30(48)49)17-57-32(51)43(11,20-60-35(54)46(14)26-66-39(5,6)67-27-46)21-61-36(55)47(15)28-68-40(7,8)69-29-47;1-2-3(4)5/h16-29H2,1-15H3,(H,48,49);2H2,1H3,(H,4,5). The highest BCUT2D eigenvalue weighted by Gasteiger charge is 2.51. The van der Waals surface area contributed by atoms with Crippen LogP contribution in [-0.2, 0) is 105 Å². The number of carboxylic acid groups (broad SMARTS) is 2. The molecule has 0 amide bonds. The zero-order valence-corrected chi connectivity index (χ0v) is 46.0. The van der Waals surface area contributed by atoms with E-state index in [9.17, 15) is 43.5 Å². The fourth-order valence-corrected chi connectivity index (χ4v) is 6.35. The summed E-state index contributed by atoms with van der Waals surface area (Å²) < 4.78 is 79.0. The number of carbonyl (C=O) groups is 8. The zero-order chi connectivity index (χ0) is 56.6. The summed E-state index contributed by atoms with van der Waals surface area (Å²) in [5.41, 5.74) is -11.2. The van der Waals surface area contributed by atoms with Gasteiger partial charge in [-0.1, -0.05) is 6.92 Å². The summed E-state index contributed by atoms with van der Waals surface area (Å²) in [6, 6.07) is 0. The average molecular weight is 1070 g/mol. The van der Waals surface area contributed by atoms with Crippen LogP contribution in [0.25, 0.3) is 0 Å². The monoisotopic (exact) mass is 1060 g/mol. The maximum absolute atomic E-state index is 14.1. The Balaban J connectivity index is 0.00000275. The topological polar surface area (TPSA) is 306 Å². The van der Waals surface area contributed by atoms with Crippen LogP contribution in [0.1, 0.15) is 117 Å². The molecule has 0 aromatic heterocycles. The molecular formula is C50H80O24. The molecule has 0 saturated carbocycles. The van der Waals surface area contributed by atoms with E-state index < -0.39 is 148 Å². The van der Waals surface area contributed by atoms with Gasteiger partial charge in [-0.25, -0.2) is 0 Å². The van der Waals surface area contributed by atoms with E-state index in [1.54, 1.807) is 90.0 Å². The van der Waals surface area contributed by atoms with Crippen molar-refractivity contribution in [3.63, 3.8) is 0 Å². The minimum atomic E-state index is -2.14. The van der Waals surface area contributed by atoms with Crippen molar-refractivity contribution in [1.82, 2.24) is 0 Å². The van der Waals surface area contributed by atoms with Crippen molar-refractivity contribution in [1.29, 1.82) is 0 Å². The first-order chi connectivity index (χ1) is 33.6. The Bertz CT molecular complexity index is 1790. The number of aliphatic carboxylic acids is 2. The summed E-state index contributed by atoms with van der Waals surface area (Å²) in [5.74, 6) is -11.6. The summed E-state index contributed by atoms with van der Waals surface area (Å²) in [4.78, 5) is 104. The maximum atomic E-state index is 14.1. The number of carboxylic acids is 2. The molecule has 0 atom stereocenters. The lowest BCUT2D eigenvalue weighted by atomic mass is 9.89. The van der Waals surface area contributed by atoms with E-state index in [0.29, 0.717) is 0 Å². The van der Waals surface area contributed by atoms with E-state index in [-0.39, 0.29) is 59.3 Å². The molecule has 424 valence electrons. The average Bonchev–Trinajstić information content (AvgIpc) is 3.33. The highest BCUT2D eigenvalue weighted by Crippen LogP contribution is 2.37. The molecule has 24 heteroatoms. The van der Waals surface area contributed by atoms with Crippen molar-refractivity contribution >= 4 is 47.8 Å². The van der Waals surface area contributed by atoms with E-state index in [1.165, 1.54) is 13.8 Å². The van der Waals surface area contributed by atoms with Crippen molar-refractivity contribution in [2.24, 2.45) is 37.9 Å². The predicted octanol–water partition coefficient (Wildman–Crippen LogP) is 3.99. The van der Waals surface area contributed by atoms with Crippen LogP contribution in [0.3, 0.4) is 0 Å². The molecule has 0 radical (unpaired) electrons. The summed E-state index contributed by atoms with van der Waals surface area (Å²) in [6.07, 6.45) is 0.222. The molecule has 74 heavy (non-hydrogen) atoms. The van der Waals surface area contributed by atoms with Gasteiger partial charge in [-0.2, -0.15) is 0 Å². The van der Waals surface area contributed by atoms with Gasteiger partial charge < -0.3 is 76.5 Å². The van der Waals surface area contributed by atoms with Crippen LogP contribution in [0.4, 0.5) is 0 Å². The van der Waals surface area contributed by atoms with Gasteiger partial charge in [0.25, 0.3) is 0 Å². The summed E-state index contributed by atoms with van der Waals surface area (Å²) in [7, 11) is 0. The number of hydrogen-bond acceptors (Lipinski definition) is 22. The molecule has 24 nitrogen and oxygen atoms in total. The second-order valence-electron chi connectivity index (χ2n) is 23.3. The van der Waals surface area contributed by atoms with Crippen LogP contribution in [-0.4, -0.2) is 174 Å². The fourth-order valence-electron chi connectivity index (χ4n) is 6.35. The van der Waals surface area contributed by atoms with Gasteiger partial charge in [-0.3, -0.25) is 38.4 Å². The Kier molecular flexibility index (Phi) is 20.5. The lowest BCUT2D eigenvalue weighted by Crippen LogP contribution is -2.52. The van der Waals surface area contributed by atoms with Gasteiger partial charge in [0, 0.05) is 6.42 Å². The lowest BCUT2D eigenvalue weighted by molar-refractivity contribution is -0.283. The van der Waals surface area contributed by atoms with Crippen LogP contribution < -0.4 is 0 Å². The summed E-state index contributed by atoms with van der Waals surface area (Å²) in [6.45, 7) is 19.7. The molecule has 4 fully saturated rings. The molecule has 4 heterocycles. The molecular weight excluding hydrogens is 985 g/mol. The van der Waals surface area contributed by atoms with E-state index in [2.05, 4.69) is 0 Å². The van der Waals surface area contributed by atoms with Crippen LogP contribution in [0.15, 0.2) is 0 Å². The smallest absolute Gasteiger partial charge is 0.318 e. The largest absolute Gasteiger partial charge is 0.481 e. The Hall–Kier alpha value is -4.56. The molecule has 2 N–H and O–H groups in total. The Labute approximate surface area is 432 Å². The molecule has 0 aliphatic carbocycles. The Morgan fingerprint density at radius 3 is 0.703 bits per heavy atom. The molecule has 4 aliphatic heterocycles. The van der Waals surface area contributed by atoms with Crippen LogP contribution in [0.2, 0.25) is 0 Å². The first-order valence-corrected chi connectivity index (χ1v) is 24.2. The molecule has 0 unspecified atom stereocenters. The molecule has 0 bridgehead atoms. The molecule has 0 aromatic rings. The number of esters is 6. The van der Waals surface area contributed by atoms with Gasteiger partial charge in [-0.15, -0.1) is 0 Å². The Morgan fingerprint density at radius 1 is 0.365 bits per heavy atom. The fraction of sp³-hybridized carbons (Fsp3) is 0.840. The van der Waals surface area contributed by atoms with Crippen LogP contribution in [0.5, 0.6) is 0 Å². The number of hydrogen-bond donors (Lipinski definition) is 2. The van der Waals surface area contributed by atoms with Crippen molar-refractivity contribution in [3.05, 3.63) is 0 Å². The van der Waals surface area contributed by atoms with Crippen molar-refractivity contribution < 1.29 is 115 Å². The maximum Gasteiger partial charge on any atom is 0.318 e. The first kappa shape index (κ1) is 63.7. The molecule has 0 spiro atoms. The molecule has 4 rings (SSSR count). The third kappa shape index (κ3) is 17.2. The second-order valence-corrected chi connectivity index (χ2v) is 23.3. The zero-order valence-electron chi connectivity index (χ0n) is 46.0.